The molecule has 20 heavy (non-hydrogen) atoms. The van der Waals surface area contributed by atoms with E-state index >= 15 is 0 Å². The van der Waals surface area contributed by atoms with Crippen molar-refractivity contribution in [3.05, 3.63) is 64.1 Å². The Morgan fingerprint density at radius 3 is 2.50 bits per heavy atom. The Hall–Kier alpha value is -2.62. The molecule has 4 heteroatoms. The highest BCUT2D eigenvalue weighted by Gasteiger charge is 2.13. The molecule has 3 nitrogen and oxygen atoms in total. The number of rotatable bonds is 1. The average Bonchev–Trinajstić information content (AvgIpc) is 2.44. The minimum atomic E-state index is -0.348. The first-order chi connectivity index (χ1) is 9.56. The van der Waals surface area contributed by atoms with Gasteiger partial charge in [-0.25, -0.2) is 4.39 Å². The van der Waals surface area contributed by atoms with E-state index in [1.54, 1.807) is 25.1 Å². The summed E-state index contributed by atoms with van der Waals surface area (Å²) in [6, 6.07) is 10.1. The third kappa shape index (κ3) is 1.95. The van der Waals surface area contributed by atoms with Crippen LogP contribution in [0.3, 0.4) is 0 Å². The van der Waals surface area contributed by atoms with Gasteiger partial charge in [0.2, 0.25) is 0 Å². The van der Waals surface area contributed by atoms with Crippen molar-refractivity contribution in [1.29, 1.82) is 0 Å². The van der Waals surface area contributed by atoms with Crippen LogP contribution in [0.2, 0.25) is 0 Å². The summed E-state index contributed by atoms with van der Waals surface area (Å²) in [5.74, 6) is 0.0754. The SMILES string of the molecule is Cc1c(-c2ccc(F)cc2)oc2ccc(O)cc2c1=O. The topological polar surface area (TPSA) is 50.4 Å². The normalized spacial score (nSPS) is 10.9. The Kier molecular flexibility index (Phi) is 2.79. The Morgan fingerprint density at radius 2 is 1.80 bits per heavy atom. The Balaban J connectivity index is 2.32. The predicted octanol–water partition coefficient (Wildman–Crippen LogP) is 3.61. The third-order valence-electron chi connectivity index (χ3n) is 3.21. The fourth-order valence-electron chi connectivity index (χ4n) is 2.15. The fraction of sp³-hybridized carbons (Fsp3) is 0.0625. The first-order valence-corrected chi connectivity index (χ1v) is 6.08. The number of hydrogen-bond donors (Lipinski definition) is 1. The highest BCUT2D eigenvalue weighted by molar-refractivity contribution is 5.81. The summed E-state index contributed by atoms with van der Waals surface area (Å²) in [5.41, 5.74) is 1.24. The fourth-order valence-corrected chi connectivity index (χ4v) is 2.15. The zero-order chi connectivity index (χ0) is 14.3. The molecule has 0 fully saturated rings. The van der Waals surface area contributed by atoms with Crippen LogP contribution >= 0.6 is 0 Å². The summed E-state index contributed by atoms with van der Waals surface area (Å²) in [5, 5.41) is 9.77. The van der Waals surface area contributed by atoms with Gasteiger partial charge in [-0.15, -0.1) is 0 Å². The molecule has 1 aromatic heterocycles. The highest BCUT2D eigenvalue weighted by atomic mass is 19.1. The van der Waals surface area contributed by atoms with Crippen molar-refractivity contribution in [2.75, 3.05) is 0 Å². The van der Waals surface area contributed by atoms with Gasteiger partial charge in [-0.3, -0.25) is 4.79 Å². The molecule has 0 spiro atoms. The Labute approximate surface area is 113 Å². The molecule has 0 unspecified atom stereocenters. The van der Waals surface area contributed by atoms with Crippen molar-refractivity contribution in [1.82, 2.24) is 0 Å². The van der Waals surface area contributed by atoms with Crippen molar-refractivity contribution in [2.45, 2.75) is 6.92 Å². The van der Waals surface area contributed by atoms with Gasteiger partial charge in [0, 0.05) is 11.1 Å². The molecule has 0 saturated heterocycles. The van der Waals surface area contributed by atoms with Gasteiger partial charge < -0.3 is 9.52 Å². The molecule has 1 heterocycles. The summed E-state index contributed by atoms with van der Waals surface area (Å²) in [6.07, 6.45) is 0. The average molecular weight is 270 g/mol. The predicted molar refractivity (Wildman–Crippen MR) is 74.3 cm³/mol. The molecule has 100 valence electrons. The molecule has 3 aromatic rings. The number of fused-ring (bicyclic) bond motifs is 1. The van der Waals surface area contributed by atoms with Gasteiger partial charge in [0.15, 0.2) is 5.43 Å². The lowest BCUT2D eigenvalue weighted by molar-refractivity contribution is 0.475. The van der Waals surface area contributed by atoms with E-state index in [1.807, 2.05) is 0 Å². The van der Waals surface area contributed by atoms with E-state index in [9.17, 15) is 14.3 Å². The van der Waals surface area contributed by atoms with Crippen molar-refractivity contribution >= 4 is 11.0 Å². The van der Waals surface area contributed by atoms with Crippen LogP contribution < -0.4 is 5.43 Å². The largest absolute Gasteiger partial charge is 0.508 e. The zero-order valence-corrected chi connectivity index (χ0v) is 10.7. The van der Waals surface area contributed by atoms with Crippen LogP contribution in [0.25, 0.3) is 22.3 Å². The molecule has 2 aromatic carbocycles. The number of phenols is 1. The van der Waals surface area contributed by atoms with Gasteiger partial charge >= 0.3 is 0 Å². The second-order valence-corrected chi connectivity index (χ2v) is 4.57. The van der Waals surface area contributed by atoms with E-state index < -0.39 is 0 Å². The third-order valence-corrected chi connectivity index (χ3v) is 3.21. The monoisotopic (exact) mass is 270 g/mol. The van der Waals surface area contributed by atoms with Gasteiger partial charge in [0.25, 0.3) is 0 Å². The molecular weight excluding hydrogens is 259 g/mol. The molecule has 3 rings (SSSR count). The van der Waals surface area contributed by atoms with E-state index in [4.69, 9.17) is 4.42 Å². The molecular formula is C16H11FO3. The van der Waals surface area contributed by atoms with Crippen LogP contribution in [0.15, 0.2) is 51.7 Å². The van der Waals surface area contributed by atoms with Gasteiger partial charge in [-0.2, -0.15) is 0 Å². The van der Waals surface area contributed by atoms with E-state index in [1.165, 1.54) is 24.3 Å². The van der Waals surface area contributed by atoms with E-state index in [0.717, 1.165) is 0 Å². The summed E-state index contributed by atoms with van der Waals surface area (Å²) in [7, 11) is 0. The lowest BCUT2D eigenvalue weighted by atomic mass is 10.1. The minimum Gasteiger partial charge on any atom is -0.508 e. The maximum absolute atomic E-state index is 13.0. The van der Waals surface area contributed by atoms with Gasteiger partial charge in [-0.05, 0) is 49.4 Å². The molecule has 0 radical (unpaired) electrons. The number of halogens is 1. The Morgan fingerprint density at radius 1 is 1.10 bits per heavy atom. The Bertz CT molecular complexity index is 848. The number of phenolic OH excluding ortho intramolecular Hbond substituents is 1. The van der Waals surface area contributed by atoms with Crippen molar-refractivity contribution in [3.8, 4) is 17.1 Å². The molecule has 0 saturated carbocycles. The van der Waals surface area contributed by atoms with Crippen LogP contribution in [0, 0.1) is 12.7 Å². The van der Waals surface area contributed by atoms with E-state index in [2.05, 4.69) is 0 Å². The first-order valence-electron chi connectivity index (χ1n) is 6.08. The standard InChI is InChI=1S/C16H11FO3/c1-9-15(19)13-8-12(18)6-7-14(13)20-16(9)10-2-4-11(17)5-3-10/h2-8,18H,1H3. The first kappa shape index (κ1) is 12.4. The summed E-state index contributed by atoms with van der Waals surface area (Å²) < 4.78 is 18.7. The molecule has 1 N–H and O–H groups in total. The molecule has 0 bridgehead atoms. The summed E-state index contributed by atoms with van der Waals surface area (Å²) in [6.45, 7) is 1.65. The van der Waals surface area contributed by atoms with Gasteiger partial charge in [-0.1, -0.05) is 0 Å². The summed E-state index contributed by atoms with van der Waals surface area (Å²) in [4.78, 5) is 12.3. The van der Waals surface area contributed by atoms with E-state index in [-0.39, 0.29) is 17.0 Å². The number of benzene rings is 2. The minimum absolute atomic E-state index is 0.0127. The summed E-state index contributed by atoms with van der Waals surface area (Å²) >= 11 is 0. The highest BCUT2D eigenvalue weighted by Crippen LogP contribution is 2.27. The second-order valence-electron chi connectivity index (χ2n) is 4.57. The molecule has 0 aliphatic carbocycles. The molecule has 0 aliphatic rings. The maximum Gasteiger partial charge on any atom is 0.196 e. The second kappa shape index (κ2) is 4.49. The lowest BCUT2D eigenvalue weighted by Crippen LogP contribution is -2.07. The van der Waals surface area contributed by atoms with Crippen LogP contribution in [-0.4, -0.2) is 5.11 Å². The van der Waals surface area contributed by atoms with Crippen molar-refractivity contribution in [2.24, 2.45) is 0 Å². The zero-order valence-electron chi connectivity index (χ0n) is 10.7. The smallest absolute Gasteiger partial charge is 0.196 e. The number of hydrogen-bond acceptors (Lipinski definition) is 3. The van der Waals surface area contributed by atoms with Crippen molar-refractivity contribution in [3.63, 3.8) is 0 Å². The number of aromatic hydroxyl groups is 1. The molecule has 0 aliphatic heterocycles. The van der Waals surface area contributed by atoms with E-state index in [0.29, 0.717) is 27.9 Å². The van der Waals surface area contributed by atoms with Gasteiger partial charge in [0.05, 0.1) is 5.39 Å². The molecule has 0 atom stereocenters. The van der Waals surface area contributed by atoms with Crippen LogP contribution in [0.5, 0.6) is 5.75 Å². The van der Waals surface area contributed by atoms with Crippen molar-refractivity contribution < 1.29 is 13.9 Å². The maximum atomic E-state index is 13.0. The quantitative estimate of drug-likeness (QED) is 0.734. The van der Waals surface area contributed by atoms with Crippen LogP contribution in [-0.2, 0) is 0 Å². The van der Waals surface area contributed by atoms with Crippen LogP contribution in [0.1, 0.15) is 5.56 Å². The van der Waals surface area contributed by atoms with Gasteiger partial charge in [0.1, 0.15) is 22.9 Å². The molecule has 0 amide bonds. The van der Waals surface area contributed by atoms with Crippen LogP contribution in [0.4, 0.5) is 4.39 Å². The lowest BCUT2D eigenvalue weighted by Gasteiger charge is -2.07.